The van der Waals surface area contributed by atoms with E-state index in [0.717, 1.165) is 24.2 Å². The van der Waals surface area contributed by atoms with Gasteiger partial charge in [0.1, 0.15) is 5.82 Å². The van der Waals surface area contributed by atoms with Crippen molar-refractivity contribution in [1.82, 2.24) is 14.7 Å². The Kier molecular flexibility index (Phi) is 5.13. The lowest BCUT2D eigenvalue weighted by atomic mass is 10.0. The highest BCUT2D eigenvalue weighted by molar-refractivity contribution is 5.98. The van der Waals surface area contributed by atoms with Crippen LogP contribution in [0.25, 0.3) is 0 Å². The van der Waals surface area contributed by atoms with Gasteiger partial charge in [-0.2, -0.15) is 0 Å². The minimum Gasteiger partial charge on any atom is -0.340 e. The highest BCUT2D eigenvalue weighted by Crippen LogP contribution is 2.34. The molecule has 2 aliphatic heterocycles. The van der Waals surface area contributed by atoms with E-state index in [1.807, 2.05) is 36.2 Å². The van der Waals surface area contributed by atoms with Gasteiger partial charge < -0.3 is 14.7 Å². The molecule has 28 heavy (non-hydrogen) atoms. The Morgan fingerprint density at radius 3 is 2.39 bits per heavy atom. The molecule has 0 spiro atoms. The average Bonchev–Trinajstić information content (AvgIpc) is 3.04. The molecule has 1 saturated heterocycles. The summed E-state index contributed by atoms with van der Waals surface area (Å²) >= 11 is 0. The lowest BCUT2D eigenvalue weighted by Gasteiger charge is -2.35. The second kappa shape index (κ2) is 7.72. The zero-order chi connectivity index (χ0) is 19.7. The molecule has 1 fully saturated rings. The maximum atomic E-state index is 13.4. The fraction of sp³-hybridized carbons (Fsp3) is 0.364. The van der Waals surface area contributed by atoms with Gasteiger partial charge in [0.15, 0.2) is 0 Å². The molecule has 0 saturated carbocycles. The first-order valence-electron chi connectivity index (χ1n) is 9.63. The van der Waals surface area contributed by atoms with Crippen molar-refractivity contribution < 1.29 is 14.0 Å². The van der Waals surface area contributed by atoms with Crippen LogP contribution < -0.4 is 0 Å². The summed E-state index contributed by atoms with van der Waals surface area (Å²) in [5, 5.41) is 0. The van der Waals surface area contributed by atoms with E-state index in [-0.39, 0.29) is 24.1 Å². The summed E-state index contributed by atoms with van der Waals surface area (Å²) in [4.78, 5) is 31.8. The molecule has 0 N–H and O–H groups in total. The minimum absolute atomic E-state index is 0.0335. The van der Waals surface area contributed by atoms with Gasteiger partial charge in [-0.25, -0.2) is 4.39 Å². The van der Waals surface area contributed by atoms with E-state index in [0.29, 0.717) is 25.2 Å². The van der Waals surface area contributed by atoms with Crippen LogP contribution in [-0.4, -0.2) is 59.7 Å². The number of nitrogens with zero attached hydrogens (tertiary/aromatic N) is 3. The third kappa shape index (κ3) is 3.64. The Morgan fingerprint density at radius 2 is 1.71 bits per heavy atom. The largest absolute Gasteiger partial charge is 0.340 e. The molecule has 1 atom stereocenters. The van der Waals surface area contributed by atoms with Crippen molar-refractivity contribution in [1.29, 1.82) is 0 Å². The van der Waals surface area contributed by atoms with Gasteiger partial charge in [0, 0.05) is 38.3 Å². The first-order chi connectivity index (χ1) is 13.5. The monoisotopic (exact) mass is 381 g/mol. The summed E-state index contributed by atoms with van der Waals surface area (Å²) in [6.07, 6.45) is 0.203. The zero-order valence-corrected chi connectivity index (χ0v) is 16.0. The van der Waals surface area contributed by atoms with Crippen LogP contribution in [0.1, 0.15) is 33.9 Å². The summed E-state index contributed by atoms with van der Waals surface area (Å²) in [5.41, 5.74) is 2.43. The van der Waals surface area contributed by atoms with Crippen molar-refractivity contribution in [3.63, 3.8) is 0 Å². The van der Waals surface area contributed by atoms with E-state index in [4.69, 9.17) is 0 Å². The Labute approximate surface area is 164 Å². The molecule has 2 heterocycles. The molecular weight excluding hydrogens is 357 g/mol. The predicted molar refractivity (Wildman–Crippen MR) is 104 cm³/mol. The fourth-order valence-electron chi connectivity index (χ4n) is 3.97. The number of rotatable bonds is 4. The molecule has 5 nitrogen and oxygen atoms in total. The number of piperazine rings is 1. The van der Waals surface area contributed by atoms with Crippen molar-refractivity contribution in [2.45, 2.75) is 19.0 Å². The summed E-state index contributed by atoms with van der Waals surface area (Å²) in [7, 11) is 2.04. The number of carbonyl (C=O) groups is 2. The molecule has 146 valence electrons. The van der Waals surface area contributed by atoms with Crippen molar-refractivity contribution in [3.8, 4) is 0 Å². The number of fused-ring (bicyclic) bond motifs is 1. The van der Waals surface area contributed by atoms with Gasteiger partial charge >= 0.3 is 0 Å². The molecule has 2 aromatic carbocycles. The van der Waals surface area contributed by atoms with Gasteiger partial charge in [0.25, 0.3) is 5.91 Å². The van der Waals surface area contributed by atoms with E-state index in [1.54, 1.807) is 17.0 Å². The highest BCUT2D eigenvalue weighted by atomic mass is 19.1. The Morgan fingerprint density at radius 1 is 1.04 bits per heavy atom. The molecule has 0 unspecified atom stereocenters. The van der Waals surface area contributed by atoms with Gasteiger partial charge in [-0.15, -0.1) is 0 Å². The van der Waals surface area contributed by atoms with E-state index >= 15 is 0 Å². The normalized spacial score (nSPS) is 18.3. The molecule has 4 rings (SSSR count). The van der Waals surface area contributed by atoms with Gasteiger partial charge in [0.2, 0.25) is 5.91 Å². The molecule has 2 amide bonds. The average molecular weight is 381 g/mol. The Bertz CT molecular complexity index is 876. The summed E-state index contributed by atoms with van der Waals surface area (Å²) in [5.74, 6) is -0.369. The Hall–Kier alpha value is -2.73. The smallest absolute Gasteiger partial charge is 0.255 e. The van der Waals surface area contributed by atoms with E-state index < -0.39 is 6.04 Å². The molecular formula is C22H24FN3O2. The molecule has 0 bridgehead atoms. The van der Waals surface area contributed by atoms with Gasteiger partial charge in [0.05, 0.1) is 12.5 Å². The van der Waals surface area contributed by atoms with E-state index in [2.05, 4.69) is 4.90 Å². The summed E-state index contributed by atoms with van der Waals surface area (Å²) in [6, 6.07) is 13.2. The maximum Gasteiger partial charge on any atom is 0.255 e. The van der Waals surface area contributed by atoms with Crippen LogP contribution in [0, 0.1) is 5.82 Å². The molecule has 2 aliphatic rings. The van der Waals surface area contributed by atoms with Crippen LogP contribution >= 0.6 is 0 Å². The number of amides is 2. The van der Waals surface area contributed by atoms with Gasteiger partial charge in [-0.1, -0.05) is 30.3 Å². The number of halogens is 1. The molecule has 0 aromatic heterocycles. The van der Waals surface area contributed by atoms with E-state index in [9.17, 15) is 14.0 Å². The van der Waals surface area contributed by atoms with Crippen molar-refractivity contribution in [3.05, 3.63) is 71.0 Å². The number of likely N-dealkylation sites (N-methyl/N-ethyl adjacent to an activating group) is 1. The number of carbonyl (C=O) groups excluding carboxylic acids is 2. The minimum atomic E-state index is -0.410. The highest BCUT2D eigenvalue weighted by Gasteiger charge is 2.35. The fourth-order valence-corrected chi connectivity index (χ4v) is 3.97. The third-order valence-electron chi connectivity index (χ3n) is 5.70. The molecule has 0 radical (unpaired) electrons. The SMILES string of the molecule is CN1CCN(C(=O)C[C@H](c2ccc(F)cc2)N2Cc3ccccc3C2=O)CC1. The zero-order valence-electron chi connectivity index (χ0n) is 16.0. The summed E-state index contributed by atoms with van der Waals surface area (Å²) < 4.78 is 13.4. The second-order valence-corrected chi connectivity index (χ2v) is 7.55. The van der Waals surface area contributed by atoms with Crippen LogP contribution in [0.5, 0.6) is 0 Å². The van der Waals surface area contributed by atoms with Crippen LogP contribution in [0.3, 0.4) is 0 Å². The van der Waals surface area contributed by atoms with Crippen molar-refractivity contribution in [2.75, 3.05) is 33.2 Å². The molecule has 0 aliphatic carbocycles. The maximum absolute atomic E-state index is 13.4. The van der Waals surface area contributed by atoms with Crippen LogP contribution in [0.2, 0.25) is 0 Å². The van der Waals surface area contributed by atoms with Crippen LogP contribution in [-0.2, 0) is 11.3 Å². The second-order valence-electron chi connectivity index (χ2n) is 7.55. The van der Waals surface area contributed by atoms with Gasteiger partial charge in [-0.05, 0) is 36.4 Å². The van der Waals surface area contributed by atoms with E-state index in [1.165, 1.54) is 12.1 Å². The van der Waals surface area contributed by atoms with Crippen molar-refractivity contribution >= 4 is 11.8 Å². The third-order valence-corrected chi connectivity index (χ3v) is 5.70. The lowest BCUT2D eigenvalue weighted by molar-refractivity contribution is -0.134. The first-order valence-corrected chi connectivity index (χ1v) is 9.63. The lowest BCUT2D eigenvalue weighted by Crippen LogP contribution is -2.48. The topological polar surface area (TPSA) is 43.9 Å². The van der Waals surface area contributed by atoms with Gasteiger partial charge in [-0.3, -0.25) is 9.59 Å². The standard InChI is InChI=1S/C22H24FN3O2/c1-24-10-12-25(13-11-24)21(27)14-20(16-6-8-18(23)9-7-16)26-15-17-4-2-3-5-19(17)22(26)28/h2-9,20H,10-15H2,1H3/t20-/m1/s1. The quantitative estimate of drug-likeness (QED) is 0.818. The van der Waals surface area contributed by atoms with Crippen LogP contribution in [0.4, 0.5) is 4.39 Å². The molecule has 2 aromatic rings. The molecule has 6 heteroatoms. The predicted octanol–water partition coefficient (Wildman–Crippen LogP) is 2.69. The van der Waals surface area contributed by atoms with Crippen molar-refractivity contribution in [2.24, 2.45) is 0 Å². The number of hydrogen-bond donors (Lipinski definition) is 0. The Balaban J connectivity index is 1.59. The number of benzene rings is 2. The number of hydrogen-bond acceptors (Lipinski definition) is 3. The summed E-state index contributed by atoms with van der Waals surface area (Å²) in [6.45, 7) is 3.55. The first kappa shape index (κ1) is 18.6. The van der Waals surface area contributed by atoms with Crippen LogP contribution in [0.15, 0.2) is 48.5 Å².